The zero-order chi connectivity index (χ0) is 20.1. The third-order valence-electron chi connectivity index (χ3n) is 5.36. The van der Waals surface area contributed by atoms with Crippen molar-refractivity contribution in [3.8, 4) is 6.07 Å². The maximum Gasteiger partial charge on any atom is 0.335 e. The minimum Gasteiger partial charge on any atom is -0.478 e. The van der Waals surface area contributed by atoms with Crippen LogP contribution in [-0.4, -0.2) is 53.4 Å². The second-order valence-electron chi connectivity index (χ2n) is 7.52. The first-order valence-electron chi connectivity index (χ1n) is 9.37. The highest BCUT2D eigenvalue weighted by Crippen LogP contribution is 2.26. The number of rotatable bonds is 6. The van der Waals surface area contributed by atoms with Crippen LogP contribution in [0.5, 0.6) is 0 Å². The number of hydrogen-bond donors (Lipinski definition) is 2. The first-order valence-corrected chi connectivity index (χ1v) is 9.37. The fraction of sp³-hybridized carbons (Fsp3) is 0.364. The molecule has 0 unspecified atom stereocenters. The van der Waals surface area contributed by atoms with Crippen LogP contribution in [0.1, 0.15) is 34.3 Å². The molecular formula is C22H26ClN3O3. The molecule has 29 heavy (non-hydrogen) atoms. The van der Waals surface area contributed by atoms with Crippen LogP contribution in [0.4, 0.5) is 5.69 Å². The molecule has 7 heteroatoms. The van der Waals surface area contributed by atoms with E-state index >= 15 is 0 Å². The van der Waals surface area contributed by atoms with E-state index in [2.05, 4.69) is 11.0 Å². The van der Waals surface area contributed by atoms with E-state index in [1.54, 1.807) is 24.3 Å². The summed E-state index contributed by atoms with van der Waals surface area (Å²) < 4.78 is 0. The Bertz CT molecular complexity index is 854. The number of likely N-dealkylation sites (tertiary alicyclic amines) is 1. The summed E-state index contributed by atoms with van der Waals surface area (Å²) in [5.41, 5.74) is 2.21. The lowest BCUT2D eigenvalue weighted by Crippen LogP contribution is -2.50. The van der Waals surface area contributed by atoms with Gasteiger partial charge < -0.3 is 15.1 Å². The Hall–Kier alpha value is -2.59. The van der Waals surface area contributed by atoms with Crippen LogP contribution in [0.15, 0.2) is 48.5 Å². The van der Waals surface area contributed by atoms with Crippen molar-refractivity contribution in [2.75, 3.05) is 31.6 Å². The number of nitriles is 1. The Balaban J connectivity index is 0.00000300. The molecule has 0 amide bonds. The Labute approximate surface area is 177 Å². The van der Waals surface area contributed by atoms with Crippen LogP contribution in [0.2, 0.25) is 0 Å². The highest BCUT2D eigenvalue weighted by molar-refractivity contribution is 5.88. The van der Waals surface area contributed by atoms with Gasteiger partial charge in [0.05, 0.1) is 22.8 Å². The van der Waals surface area contributed by atoms with Gasteiger partial charge in [-0.15, -0.1) is 12.4 Å². The van der Waals surface area contributed by atoms with Gasteiger partial charge in [0.15, 0.2) is 0 Å². The Morgan fingerprint density at radius 2 is 1.72 bits per heavy atom. The molecule has 0 aliphatic carbocycles. The number of carboxylic acids is 1. The second-order valence-corrected chi connectivity index (χ2v) is 7.52. The van der Waals surface area contributed by atoms with Crippen molar-refractivity contribution in [2.45, 2.75) is 25.0 Å². The molecule has 0 aromatic heterocycles. The molecular weight excluding hydrogens is 390 g/mol. The van der Waals surface area contributed by atoms with E-state index in [0.717, 1.165) is 25.3 Å². The van der Waals surface area contributed by atoms with E-state index < -0.39 is 11.6 Å². The van der Waals surface area contributed by atoms with Crippen molar-refractivity contribution in [2.24, 2.45) is 0 Å². The second kappa shape index (κ2) is 9.75. The van der Waals surface area contributed by atoms with E-state index in [4.69, 9.17) is 10.4 Å². The molecule has 0 atom stereocenters. The predicted molar refractivity (Wildman–Crippen MR) is 115 cm³/mol. The standard InChI is InChI=1S/C22H25N3O3.ClH/c1-24(20-8-6-19(7-9-20)21(26)27)16-22(28)10-12-25(13-11-22)15-18-4-2-17(14-23)3-5-18;/h2-9,28H,10-13,15-16H2,1H3,(H,26,27);1H. The first-order chi connectivity index (χ1) is 13.4. The molecule has 2 N–H and O–H groups in total. The van der Waals surface area contributed by atoms with Gasteiger partial charge in [0.25, 0.3) is 0 Å². The van der Waals surface area contributed by atoms with Crippen molar-refractivity contribution >= 4 is 24.1 Å². The molecule has 1 aliphatic heterocycles. The molecule has 2 aromatic rings. The molecule has 2 aromatic carbocycles. The Kier molecular flexibility index (Phi) is 7.63. The normalized spacial score (nSPS) is 15.8. The van der Waals surface area contributed by atoms with Gasteiger partial charge in [0.1, 0.15) is 0 Å². The average Bonchev–Trinajstić information content (AvgIpc) is 2.70. The monoisotopic (exact) mass is 415 g/mol. The number of piperidine rings is 1. The van der Waals surface area contributed by atoms with Crippen molar-refractivity contribution in [3.05, 3.63) is 65.2 Å². The molecule has 0 radical (unpaired) electrons. The molecule has 1 saturated heterocycles. The number of aliphatic hydroxyl groups is 1. The van der Waals surface area contributed by atoms with Crippen LogP contribution < -0.4 is 4.90 Å². The highest BCUT2D eigenvalue weighted by Gasteiger charge is 2.33. The van der Waals surface area contributed by atoms with Crippen LogP contribution in [0.25, 0.3) is 0 Å². The molecule has 1 aliphatic rings. The van der Waals surface area contributed by atoms with Crippen LogP contribution in [0, 0.1) is 11.3 Å². The minimum atomic E-state index is -0.942. The maximum absolute atomic E-state index is 11.0. The number of likely N-dealkylation sites (N-methyl/N-ethyl adjacent to an activating group) is 1. The van der Waals surface area contributed by atoms with Gasteiger partial charge in [-0.1, -0.05) is 12.1 Å². The fourth-order valence-electron chi connectivity index (χ4n) is 3.62. The fourth-order valence-corrected chi connectivity index (χ4v) is 3.62. The lowest BCUT2D eigenvalue weighted by molar-refractivity contribution is -0.0159. The summed E-state index contributed by atoms with van der Waals surface area (Å²) >= 11 is 0. The zero-order valence-corrected chi connectivity index (χ0v) is 17.2. The molecule has 154 valence electrons. The number of nitrogens with zero attached hydrogens (tertiary/aromatic N) is 3. The van der Waals surface area contributed by atoms with Crippen LogP contribution >= 0.6 is 12.4 Å². The Morgan fingerprint density at radius 3 is 2.24 bits per heavy atom. The molecule has 6 nitrogen and oxygen atoms in total. The summed E-state index contributed by atoms with van der Waals surface area (Å²) in [6, 6.07) is 16.5. The topological polar surface area (TPSA) is 87.8 Å². The maximum atomic E-state index is 11.0. The lowest BCUT2D eigenvalue weighted by Gasteiger charge is -2.40. The third-order valence-corrected chi connectivity index (χ3v) is 5.36. The minimum absolute atomic E-state index is 0. The van der Waals surface area contributed by atoms with Gasteiger partial charge in [-0.3, -0.25) is 4.90 Å². The lowest BCUT2D eigenvalue weighted by atomic mass is 9.90. The molecule has 1 heterocycles. The van der Waals surface area contributed by atoms with E-state index in [1.165, 1.54) is 5.56 Å². The summed E-state index contributed by atoms with van der Waals surface area (Å²) in [5.74, 6) is -0.942. The first kappa shape index (κ1) is 22.7. The number of carboxylic acid groups (broad SMARTS) is 1. The molecule has 0 bridgehead atoms. The number of anilines is 1. The van der Waals surface area contributed by atoms with Gasteiger partial charge >= 0.3 is 5.97 Å². The summed E-state index contributed by atoms with van der Waals surface area (Å²) in [6.07, 6.45) is 1.36. The number of hydrogen-bond acceptors (Lipinski definition) is 5. The third kappa shape index (κ3) is 5.94. The SMILES string of the molecule is CN(CC1(O)CCN(Cc2ccc(C#N)cc2)CC1)c1ccc(C(=O)O)cc1.Cl. The van der Waals surface area contributed by atoms with E-state index in [0.29, 0.717) is 24.9 Å². The summed E-state index contributed by atoms with van der Waals surface area (Å²) in [4.78, 5) is 15.3. The van der Waals surface area contributed by atoms with Gasteiger partial charge in [-0.2, -0.15) is 5.26 Å². The number of aromatic carboxylic acids is 1. The smallest absolute Gasteiger partial charge is 0.335 e. The van der Waals surface area contributed by atoms with E-state index in [1.807, 2.05) is 36.2 Å². The molecule has 3 rings (SSSR count). The van der Waals surface area contributed by atoms with Crippen molar-refractivity contribution < 1.29 is 15.0 Å². The van der Waals surface area contributed by atoms with Crippen LogP contribution in [0.3, 0.4) is 0 Å². The summed E-state index contributed by atoms with van der Waals surface area (Å²) in [5, 5.41) is 28.9. The van der Waals surface area contributed by atoms with Gasteiger partial charge in [-0.25, -0.2) is 4.79 Å². The number of benzene rings is 2. The quantitative estimate of drug-likeness (QED) is 0.753. The summed E-state index contributed by atoms with van der Waals surface area (Å²) in [6.45, 7) is 2.93. The highest BCUT2D eigenvalue weighted by atomic mass is 35.5. The molecule has 0 spiro atoms. The number of halogens is 1. The van der Waals surface area contributed by atoms with E-state index in [9.17, 15) is 9.90 Å². The molecule has 0 saturated carbocycles. The van der Waals surface area contributed by atoms with Crippen molar-refractivity contribution in [1.82, 2.24) is 4.90 Å². The number of carbonyl (C=O) groups is 1. The molecule has 1 fully saturated rings. The van der Waals surface area contributed by atoms with Crippen LogP contribution in [-0.2, 0) is 6.54 Å². The van der Waals surface area contributed by atoms with Gasteiger partial charge in [-0.05, 0) is 54.8 Å². The van der Waals surface area contributed by atoms with Gasteiger partial charge in [0.2, 0.25) is 0 Å². The Morgan fingerprint density at radius 1 is 1.14 bits per heavy atom. The average molecular weight is 416 g/mol. The van der Waals surface area contributed by atoms with Crippen molar-refractivity contribution in [3.63, 3.8) is 0 Å². The van der Waals surface area contributed by atoms with Gasteiger partial charge in [0, 0.05) is 38.9 Å². The predicted octanol–water partition coefficient (Wildman–Crippen LogP) is 3.14. The summed E-state index contributed by atoms with van der Waals surface area (Å²) in [7, 11) is 1.91. The van der Waals surface area contributed by atoms with E-state index in [-0.39, 0.29) is 18.0 Å². The largest absolute Gasteiger partial charge is 0.478 e. The zero-order valence-electron chi connectivity index (χ0n) is 16.4. The van der Waals surface area contributed by atoms with Crippen molar-refractivity contribution in [1.29, 1.82) is 5.26 Å².